The predicted molar refractivity (Wildman–Crippen MR) is 104 cm³/mol. The normalized spacial score (nSPS) is 22.0. The van der Waals surface area contributed by atoms with Crippen LogP contribution in [-0.4, -0.2) is 0 Å². The van der Waals surface area contributed by atoms with Crippen molar-refractivity contribution in [1.82, 2.24) is 0 Å². The fourth-order valence-electron chi connectivity index (χ4n) is 4.76. The van der Waals surface area contributed by atoms with Crippen molar-refractivity contribution >= 4 is 6.08 Å². The first-order chi connectivity index (χ1) is 13.5. The fourth-order valence-corrected chi connectivity index (χ4v) is 4.76. The number of hydrogen-bond acceptors (Lipinski definition) is 0. The molecule has 0 aromatic heterocycles. The summed E-state index contributed by atoms with van der Waals surface area (Å²) in [4.78, 5) is 0. The molecule has 0 heterocycles. The zero-order valence-electron chi connectivity index (χ0n) is 16.0. The largest absolute Gasteiger partial charge is 0.206 e. The Morgan fingerprint density at radius 1 is 0.857 bits per heavy atom. The van der Waals surface area contributed by atoms with E-state index >= 15 is 4.39 Å². The maximum absolute atomic E-state index is 15.1. The smallest absolute Gasteiger partial charge is 0.194 e. The lowest BCUT2D eigenvalue weighted by Gasteiger charge is -2.31. The molecule has 1 saturated carbocycles. The summed E-state index contributed by atoms with van der Waals surface area (Å²) in [6, 6.07) is 5.04. The average Bonchev–Trinajstić information content (AvgIpc) is 2.72. The standard InChI is InChI=1S/C24H24F4/c1-2-14-3-5-15(6-4-14)16-7-9-19-17(11-16)8-10-20(23(19)27)18-12-21(25)24(28)22(26)13-18/h8,10-15H,2-7,9H2,1H3. The van der Waals surface area contributed by atoms with Gasteiger partial charge < -0.3 is 0 Å². The zero-order chi connectivity index (χ0) is 19.8. The number of fused-ring (bicyclic) bond motifs is 1. The lowest BCUT2D eigenvalue weighted by molar-refractivity contribution is 0.292. The van der Waals surface area contributed by atoms with Crippen molar-refractivity contribution in [3.63, 3.8) is 0 Å². The van der Waals surface area contributed by atoms with Crippen LogP contribution in [-0.2, 0) is 6.42 Å². The van der Waals surface area contributed by atoms with Crippen molar-refractivity contribution in [2.45, 2.75) is 51.9 Å². The molecule has 0 nitrogen and oxygen atoms in total. The van der Waals surface area contributed by atoms with Crippen molar-refractivity contribution in [2.24, 2.45) is 11.8 Å². The Morgan fingerprint density at radius 2 is 1.54 bits per heavy atom. The molecular weight excluding hydrogens is 364 g/mol. The van der Waals surface area contributed by atoms with Gasteiger partial charge in [-0.05, 0) is 79.2 Å². The monoisotopic (exact) mass is 388 g/mol. The van der Waals surface area contributed by atoms with Gasteiger partial charge in [-0.1, -0.05) is 37.1 Å². The van der Waals surface area contributed by atoms with Crippen molar-refractivity contribution in [2.75, 3.05) is 0 Å². The molecule has 2 aliphatic carbocycles. The summed E-state index contributed by atoms with van der Waals surface area (Å²) in [5, 5.41) is 0. The van der Waals surface area contributed by atoms with E-state index in [2.05, 4.69) is 13.0 Å². The summed E-state index contributed by atoms with van der Waals surface area (Å²) >= 11 is 0. The highest BCUT2D eigenvalue weighted by molar-refractivity contribution is 5.70. The van der Waals surface area contributed by atoms with Gasteiger partial charge >= 0.3 is 0 Å². The van der Waals surface area contributed by atoms with Crippen LogP contribution in [0.3, 0.4) is 0 Å². The molecule has 148 valence electrons. The Morgan fingerprint density at radius 3 is 2.18 bits per heavy atom. The third-order valence-corrected chi connectivity index (χ3v) is 6.53. The van der Waals surface area contributed by atoms with Crippen molar-refractivity contribution in [1.29, 1.82) is 0 Å². The van der Waals surface area contributed by atoms with Gasteiger partial charge in [0, 0.05) is 5.56 Å². The van der Waals surface area contributed by atoms with E-state index < -0.39 is 23.3 Å². The SMILES string of the molecule is CCC1CCC(C2=Cc3ccc(-c4cc(F)c(F)c(F)c4)c(F)c3CC2)CC1. The first-order valence-corrected chi connectivity index (χ1v) is 10.1. The van der Waals surface area contributed by atoms with Crippen molar-refractivity contribution in [3.8, 4) is 11.1 Å². The quantitative estimate of drug-likeness (QED) is 0.378. The van der Waals surface area contributed by atoms with Crippen molar-refractivity contribution < 1.29 is 17.6 Å². The minimum absolute atomic E-state index is 0.0179. The van der Waals surface area contributed by atoms with E-state index in [0.29, 0.717) is 17.9 Å². The lowest BCUT2D eigenvalue weighted by atomic mass is 9.74. The molecule has 2 aliphatic rings. The molecule has 4 heteroatoms. The Hall–Kier alpha value is -2.10. The van der Waals surface area contributed by atoms with E-state index in [1.165, 1.54) is 43.7 Å². The molecule has 2 aromatic carbocycles. The van der Waals surface area contributed by atoms with Crippen LogP contribution in [0.1, 0.15) is 56.6 Å². The maximum Gasteiger partial charge on any atom is 0.194 e. The molecule has 0 aliphatic heterocycles. The van der Waals surface area contributed by atoms with Crippen LogP contribution in [0.15, 0.2) is 29.8 Å². The highest BCUT2D eigenvalue weighted by atomic mass is 19.2. The number of halogens is 4. The number of rotatable bonds is 3. The van der Waals surface area contributed by atoms with Crippen LogP contribution in [0.5, 0.6) is 0 Å². The van der Waals surface area contributed by atoms with Gasteiger partial charge in [-0.3, -0.25) is 0 Å². The van der Waals surface area contributed by atoms with E-state index in [0.717, 1.165) is 30.0 Å². The van der Waals surface area contributed by atoms with Crippen LogP contribution < -0.4 is 0 Å². The van der Waals surface area contributed by atoms with Crippen LogP contribution >= 0.6 is 0 Å². The van der Waals surface area contributed by atoms with Gasteiger partial charge in [0.1, 0.15) is 5.82 Å². The highest BCUT2D eigenvalue weighted by Gasteiger charge is 2.26. The zero-order valence-corrected chi connectivity index (χ0v) is 16.0. The Kier molecular flexibility index (Phi) is 5.31. The molecule has 2 aromatic rings. The minimum Gasteiger partial charge on any atom is -0.206 e. The molecule has 1 fully saturated rings. The van der Waals surface area contributed by atoms with Gasteiger partial charge in [-0.2, -0.15) is 0 Å². The molecule has 0 spiro atoms. The van der Waals surface area contributed by atoms with Crippen molar-refractivity contribution in [3.05, 3.63) is 64.2 Å². The van der Waals surface area contributed by atoms with E-state index in [4.69, 9.17) is 0 Å². The Balaban J connectivity index is 1.63. The first kappa shape index (κ1) is 19.2. The molecule has 0 atom stereocenters. The molecule has 0 bridgehead atoms. The number of benzene rings is 2. The maximum atomic E-state index is 15.1. The molecule has 0 N–H and O–H groups in total. The molecule has 0 radical (unpaired) electrons. The molecule has 4 rings (SSSR count). The Bertz CT molecular complexity index is 897. The molecule has 28 heavy (non-hydrogen) atoms. The van der Waals surface area contributed by atoms with E-state index in [9.17, 15) is 13.2 Å². The fraction of sp³-hybridized carbons (Fsp3) is 0.417. The van der Waals surface area contributed by atoms with Gasteiger partial charge in [0.2, 0.25) is 0 Å². The average molecular weight is 388 g/mol. The third kappa shape index (κ3) is 3.49. The minimum atomic E-state index is -1.53. The summed E-state index contributed by atoms with van der Waals surface area (Å²) in [6.07, 6.45) is 9.69. The van der Waals surface area contributed by atoms with Crippen LogP contribution in [0.4, 0.5) is 17.6 Å². The highest BCUT2D eigenvalue weighted by Crippen LogP contribution is 2.40. The van der Waals surface area contributed by atoms with Crippen LogP contribution in [0.25, 0.3) is 17.2 Å². The molecule has 0 amide bonds. The summed E-state index contributed by atoms with van der Waals surface area (Å²) in [5.74, 6) is -3.20. The Labute approximate surface area is 163 Å². The van der Waals surface area contributed by atoms with E-state index in [1.807, 2.05) is 6.07 Å². The van der Waals surface area contributed by atoms with E-state index in [1.54, 1.807) is 0 Å². The number of allylic oxidation sites excluding steroid dienone is 1. The number of hydrogen-bond donors (Lipinski definition) is 0. The second kappa shape index (κ2) is 7.73. The van der Waals surface area contributed by atoms with Crippen LogP contribution in [0.2, 0.25) is 0 Å². The van der Waals surface area contributed by atoms with Gasteiger partial charge in [0.25, 0.3) is 0 Å². The van der Waals surface area contributed by atoms with Gasteiger partial charge in [-0.25, -0.2) is 17.6 Å². The molecule has 0 unspecified atom stereocenters. The summed E-state index contributed by atoms with van der Waals surface area (Å²) in [5.41, 5.74) is 2.95. The van der Waals surface area contributed by atoms with Gasteiger partial charge in [-0.15, -0.1) is 0 Å². The molecule has 0 saturated heterocycles. The van der Waals surface area contributed by atoms with Crippen LogP contribution in [0, 0.1) is 35.1 Å². The van der Waals surface area contributed by atoms with Gasteiger partial charge in [0.15, 0.2) is 17.5 Å². The summed E-state index contributed by atoms with van der Waals surface area (Å²) in [7, 11) is 0. The first-order valence-electron chi connectivity index (χ1n) is 10.1. The summed E-state index contributed by atoms with van der Waals surface area (Å²) < 4.78 is 55.4. The second-order valence-electron chi connectivity index (χ2n) is 8.09. The topological polar surface area (TPSA) is 0 Å². The molecular formula is C24H24F4. The predicted octanol–water partition coefficient (Wildman–Crippen LogP) is 7.46. The second-order valence-corrected chi connectivity index (χ2v) is 8.09. The third-order valence-electron chi connectivity index (χ3n) is 6.53. The van der Waals surface area contributed by atoms with Gasteiger partial charge in [0.05, 0.1) is 0 Å². The van der Waals surface area contributed by atoms with E-state index in [-0.39, 0.29) is 11.1 Å². The lowest BCUT2D eigenvalue weighted by Crippen LogP contribution is -2.17. The summed E-state index contributed by atoms with van der Waals surface area (Å²) in [6.45, 7) is 2.25.